The monoisotopic (exact) mass is 457 g/mol. The van der Waals surface area contributed by atoms with E-state index in [0.29, 0.717) is 0 Å². The molecule has 0 saturated carbocycles. The van der Waals surface area contributed by atoms with E-state index in [4.69, 9.17) is 0 Å². The Labute approximate surface area is 206 Å². The van der Waals surface area contributed by atoms with Crippen LogP contribution in [0.4, 0.5) is 0 Å². The van der Waals surface area contributed by atoms with Crippen LogP contribution in [0.3, 0.4) is 0 Å². The summed E-state index contributed by atoms with van der Waals surface area (Å²) in [5, 5.41) is 5.43. The Morgan fingerprint density at radius 2 is 0.943 bits per heavy atom. The van der Waals surface area contributed by atoms with Crippen molar-refractivity contribution in [3.8, 4) is 0 Å². The molecule has 35 heavy (non-hydrogen) atoms. The first-order chi connectivity index (χ1) is 17.0. The molecule has 0 saturated heterocycles. The SMILES string of the molecule is CC(C)(C)N1Cc2ccc3c(c2)c2ccccc2n3CCn2c3ccccc3c3cc(ccc32)C1. The normalized spacial score (nSPS) is 15.3. The van der Waals surface area contributed by atoms with E-state index in [9.17, 15) is 0 Å². The predicted octanol–water partition coefficient (Wildman–Crippen LogP) is 7.72. The minimum Gasteiger partial charge on any atom is -0.339 e. The van der Waals surface area contributed by atoms with E-state index < -0.39 is 0 Å². The summed E-state index contributed by atoms with van der Waals surface area (Å²) in [5.74, 6) is 0. The number of rotatable bonds is 0. The van der Waals surface area contributed by atoms with Gasteiger partial charge < -0.3 is 9.13 Å². The molecule has 0 N–H and O–H groups in total. The van der Waals surface area contributed by atoms with Crippen LogP contribution >= 0.6 is 0 Å². The molecule has 2 aromatic heterocycles. The van der Waals surface area contributed by atoms with Gasteiger partial charge in [0.15, 0.2) is 0 Å². The number of fused-ring (bicyclic) bond motifs is 2. The zero-order valence-electron chi connectivity index (χ0n) is 20.8. The lowest BCUT2D eigenvalue weighted by atomic mass is 10.0. The first kappa shape index (κ1) is 20.8. The standard InChI is InChI=1S/C32H31N3/c1-32(2,3)33-20-22-12-14-30-26(18-22)24-8-4-6-10-28(24)34(30)16-17-35-29-11-7-5-9-25(29)27-19-23(21-33)13-15-31(27)35/h4-15,18-19H,16-17,20-21H2,1-3H3. The lowest BCUT2D eigenvalue weighted by molar-refractivity contribution is 0.119. The topological polar surface area (TPSA) is 13.1 Å². The maximum atomic E-state index is 2.60. The number of nitrogens with zero attached hydrogens (tertiary/aromatic N) is 3. The maximum Gasteiger partial charge on any atom is 0.0492 e. The number of aromatic nitrogens is 2. The molecule has 6 heterocycles. The molecular formula is C32H31N3. The number of hydrogen-bond acceptors (Lipinski definition) is 1. The van der Waals surface area contributed by atoms with Gasteiger partial charge in [-0.3, -0.25) is 4.90 Å². The molecule has 0 amide bonds. The molecule has 0 radical (unpaired) electrons. The van der Waals surface area contributed by atoms with Gasteiger partial charge in [-0.25, -0.2) is 0 Å². The summed E-state index contributed by atoms with van der Waals surface area (Å²) in [7, 11) is 0. The lowest BCUT2D eigenvalue weighted by Gasteiger charge is -2.36. The second-order valence-electron chi connectivity index (χ2n) is 11.1. The summed E-state index contributed by atoms with van der Waals surface area (Å²) < 4.78 is 5.04. The average Bonchev–Trinajstić information content (AvgIpc) is 3.33. The van der Waals surface area contributed by atoms with Gasteiger partial charge in [0.1, 0.15) is 0 Å². The highest BCUT2D eigenvalue weighted by Gasteiger charge is 2.23. The molecule has 8 bridgehead atoms. The summed E-state index contributed by atoms with van der Waals surface area (Å²) >= 11 is 0. The van der Waals surface area contributed by atoms with Crippen LogP contribution in [0.1, 0.15) is 31.9 Å². The zero-order chi connectivity index (χ0) is 23.7. The van der Waals surface area contributed by atoms with Gasteiger partial charge in [-0.1, -0.05) is 48.5 Å². The minimum atomic E-state index is 0.0554. The maximum absolute atomic E-state index is 2.60. The number of aryl methyl sites for hydroxylation is 2. The minimum absolute atomic E-state index is 0.0554. The zero-order valence-corrected chi connectivity index (χ0v) is 20.8. The van der Waals surface area contributed by atoms with Crippen molar-refractivity contribution < 1.29 is 0 Å². The van der Waals surface area contributed by atoms with E-state index in [-0.39, 0.29) is 5.54 Å². The van der Waals surface area contributed by atoms with E-state index in [1.54, 1.807) is 0 Å². The van der Waals surface area contributed by atoms with Crippen molar-refractivity contribution in [2.24, 2.45) is 0 Å². The highest BCUT2D eigenvalue weighted by molar-refractivity contribution is 6.09. The van der Waals surface area contributed by atoms with Crippen LogP contribution in [0.15, 0.2) is 84.9 Å². The second-order valence-corrected chi connectivity index (χ2v) is 11.1. The fourth-order valence-electron chi connectivity index (χ4n) is 6.05. The third-order valence-corrected chi connectivity index (χ3v) is 7.92. The molecule has 174 valence electrons. The summed E-state index contributed by atoms with van der Waals surface area (Å²) in [6.45, 7) is 10.7. The number of benzene rings is 4. The Kier molecular flexibility index (Phi) is 4.43. The van der Waals surface area contributed by atoms with Crippen molar-refractivity contribution in [1.82, 2.24) is 14.0 Å². The summed E-state index contributed by atoms with van der Waals surface area (Å²) in [6.07, 6.45) is 0. The van der Waals surface area contributed by atoms with Gasteiger partial charge in [0, 0.05) is 75.3 Å². The van der Waals surface area contributed by atoms with Crippen LogP contribution in [0.5, 0.6) is 0 Å². The fourth-order valence-corrected chi connectivity index (χ4v) is 6.05. The van der Waals surface area contributed by atoms with Crippen molar-refractivity contribution in [2.75, 3.05) is 0 Å². The van der Waals surface area contributed by atoms with Gasteiger partial charge in [0.25, 0.3) is 0 Å². The van der Waals surface area contributed by atoms with E-state index in [0.717, 1.165) is 26.2 Å². The summed E-state index contributed by atoms with van der Waals surface area (Å²) in [4.78, 5) is 2.60. The Morgan fingerprint density at radius 1 is 0.514 bits per heavy atom. The Bertz CT molecular complexity index is 1620. The highest BCUT2D eigenvalue weighted by atomic mass is 15.2. The first-order valence-electron chi connectivity index (χ1n) is 12.7. The molecule has 6 aromatic rings. The molecule has 3 heteroatoms. The smallest absolute Gasteiger partial charge is 0.0492 e. The first-order valence-corrected chi connectivity index (χ1v) is 12.7. The Balaban J connectivity index is 1.53. The van der Waals surface area contributed by atoms with Gasteiger partial charge in [-0.05, 0) is 68.3 Å². The molecular weight excluding hydrogens is 426 g/mol. The average molecular weight is 458 g/mol. The van der Waals surface area contributed by atoms with E-state index in [1.165, 1.54) is 54.7 Å². The molecule has 3 nitrogen and oxygen atoms in total. The summed E-state index contributed by atoms with van der Waals surface area (Å²) in [5.41, 5.74) is 8.11. The van der Waals surface area contributed by atoms with Crippen LogP contribution in [-0.4, -0.2) is 19.6 Å². The van der Waals surface area contributed by atoms with Crippen molar-refractivity contribution in [3.63, 3.8) is 0 Å². The van der Waals surface area contributed by atoms with Crippen molar-refractivity contribution in [1.29, 1.82) is 0 Å². The predicted molar refractivity (Wildman–Crippen MR) is 148 cm³/mol. The van der Waals surface area contributed by atoms with E-state index >= 15 is 0 Å². The fraction of sp³-hybridized carbons (Fsp3) is 0.250. The van der Waals surface area contributed by atoms with Crippen molar-refractivity contribution >= 4 is 43.6 Å². The van der Waals surface area contributed by atoms with Gasteiger partial charge in [0.2, 0.25) is 0 Å². The van der Waals surface area contributed by atoms with Crippen LogP contribution in [0.25, 0.3) is 43.6 Å². The second kappa shape index (κ2) is 7.47. The third kappa shape index (κ3) is 3.22. The largest absolute Gasteiger partial charge is 0.339 e. The molecule has 4 aliphatic heterocycles. The molecule has 0 fully saturated rings. The molecule has 4 aliphatic rings. The van der Waals surface area contributed by atoms with Gasteiger partial charge >= 0.3 is 0 Å². The molecule has 4 aromatic carbocycles. The Morgan fingerprint density at radius 3 is 1.40 bits per heavy atom. The molecule has 0 aliphatic carbocycles. The molecule has 10 rings (SSSR count). The van der Waals surface area contributed by atoms with Crippen LogP contribution in [0.2, 0.25) is 0 Å². The third-order valence-electron chi connectivity index (χ3n) is 7.92. The Hall–Kier alpha value is -3.56. The van der Waals surface area contributed by atoms with Crippen molar-refractivity contribution in [2.45, 2.75) is 52.5 Å². The number of hydrogen-bond donors (Lipinski definition) is 0. The van der Waals surface area contributed by atoms with Gasteiger partial charge in [-0.2, -0.15) is 0 Å². The lowest BCUT2D eigenvalue weighted by Crippen LogP contribution is -2.40. The number of para-hydroxylation sites is 2. The van der Waals surface area contributed by atoms with Gasteiger partial charge in [0.05, 0.1) is 0 Å². The quantitative estimate of drug-likeness (QED) is 0.228. The van der Waals surface area contributed by atoms with Crippen LogP contribution < -0.4 is 0 Å². The summed E-state index contributed by atoms with van der Waals surface area (Å²) in [6, 6.07) is 32.0. The molecule has 0 spiro atoms. The highest BCUT2D eigenvalue weighted by Crippen LogP contribution is 2.34. The van der Waals surface area contributed by atoms with Crippen LogP contribution in [-0.2, 0) is 26.2 Å². The van der Waals surface area contributed by atoms with Gasteiger partial charge in [-0.15, -0.1) is 0 Å². The van der Waals surface area contributed by atoms with E-state index in [1.807, 2.05) is 0 Å². The van der Waals surface area contributed by atoms with E-state index in [2.05, 4.69) is 120 Å². The van der Waals surface area contributed by atoms with Crippen LogP contribution in [0, 0.1) is 0 Å². The molecule has 0 unspecified atom stereocenters. The molecule has 0 atom stereocenters. The van der Waals surface area contributed by atoms with Crippen molar-refractivity contribution in [3.05, 3.63) is 96.1 Å².